The summed E-state index contributed by atoms with van der Waals surface area (Å²) in [6, 6.07) is 12.0. The lowest BCUT2D eigenvalue weighted by Gasteiger charge is -2.26. The van der Waals surface area contributed by atoms with Crippen molar-refractivity contribution in [3.8, 4) is 17.0 Å². The average molecular weight is 465 g/mol. The van der Waals surface area contributed by atoms with Crippen molar-refractivity contribution in [1.82, 2.24) is 25.7 Å². The number of H-pyrrole nitrogens is 1. The van der Waals surface area contributed by atoms with Gasteiger partial charge in [-0.05, 0) is 37.1 Å². The van der Waals surface area contributed by atoms with E-state index in [2.05, 4.69) is 44.9 Å². The van der Waals surface area contributed by atoms with Crippen LogP contribution in [0.3, 0.4) is 0 Å². The van der Waals surface area contributed by atoms with Crippen molar-refractivity contribution < 1.29 is 14.3 Å². The van der Waals surface area contributed by atoms with Gasteiger partial charge in [0.2, 0.25) is 5.91 Å². The number of anilines is 1. The summed E-state index contributed by atoms with van der Waals surface area (Å²) in [5.74, 6) is 0.966. The van der Waals surface area contributed by atoms with Crippen LogP contribution < -0.4 is 20.9 Å². The largest absolute Gasteiger partial charge is 0.492 e. The van der Waals surface area contributed by atoms with Crippen molar-refractivity contribution in [2.75, 3.05) is 44.8 Å². The Morgan fingerprint density at radius 2 is 2.06 bits per heavy atom. The predicted octanol–water partition coefficient (Wildman–Crippen LogP) is 2.38. The molecule has 0 radical (unpaired) electrons. The van der Waals surface area contributed by atoms with Gasteiger partial charge < -0.3 is 19.8 Å². The molecule has 9 nitrogen and oxygen atoms in total. The Morgan fingerprint density at radius 1 is 1.21 bits per heavy atom. The van der Waals surface area contributed by atoms with E-state index in [1.165, 1.54) is 0 Å². The summed E-state index contributed by atoms with van der Waals surface area (Å²) in [5.41, 5.74) is 9.62. The Kier molecular flexibility index (Phi) is 6.77. The van der Waals surface area contributed by atoms with Crippen LogP contribution in [0, 0.1) is 5.92 Å². The van der Waals surface area contributed by atoms with Crippen LogP contribution >= 0.6 is 0 Å². The van der Waals surface area contributed by atoms with Crippen molar-refractivity contribution in [3.05, 3.63) is 42.6 Å². The van der Waals surface area contributed by atoms with Gasteiger partial charge in [0, 0.05) is 42.3 Å². The second-order valence-corrected chi connectivity index (χ2v) is 9.08. The number of carbonyl (C=O) groups excluding carboxylic acids is 1. The molecule has 180 valence electrons. The van der Waals surface area contributed by atoms with E-state index in [-0.39, 0.29) is 23.9 Å². The molecule has 3 unspecified atom stereocenters. The lowest BCUT2D eigenvalue weighted by atomic mass is 9.97. The summed E-state index contributed by atoms with van der Waals surface area (Å²) < 4.78 is 11.4. The number of aromatic nitrogens is 2. The van der Waals surface area contributed by atoms with Gasteiger partial charge >= 0.3 is 0 Å². The van der Waals surface area contributed by atoms with Crippen LogP contribution in [0.2, 0.25) is 0 Å². The second kappa shape index (κ2) is 10.1. The molecule has 2 aliphatic rings. The van der Waals surface area contributed by atoms with E-state index in [9.17, 15) is 4.79 Å². The van der Waals surface area contributed by atoms with Crippen LogP contribution in [0.5, 0.6) is 5.75 Å². The molecule has 0 spiro atoms. The molecule has 3 aromatic rings. The second-order valence-electron chi connectivity index (χ2n) is 9.08. The molecule has 2 saturated heterocycles. The molecule has 0 saturated carbocycles. The van der Waals surface area contributed by atoms with Crippen LogP contribution in [0.4, 0.5) is 5.69 Å². The molecule has 4 N–H and O–H groups in total. The van der Waals surface area contributed by atoms with E-state index >= 15 is 0 Å². The maximum atomic E-state index is 12.7. The number of benzene rings is 1. The molecule has 9 heteroatoms. The van der Waals surface area contributed by atoms with Gasteiger partial charge in [0.1, 0.15) is 24.0 Å². The van der Waals surface area contributed by atoms with Gasteiger partial charge in [-0.2, -0.15) is 0 Å². The molecule has 0 bridgehead atoms. The highest BCUT2D eigenvalue weighted by Gasteiger charge is 2.34. The van der Waals surface area contributed by atoms with Crippen molar-refractivity contribution >= 4 is 22.6 Å². The normalized spacial score (nSPS) is 23.3. The minimum atomic E-state index is -0.279. The van der Waals surface area contributed by atoms with E-state index < -0.39 is 0 Å². The third kappa shape index (κ3) is 5.07. The molecule has 3 atom stereocenters. The average Bonchev–Trinajstić information content (AvgIpc) is 3.43. The first-order chi connectivity index (χ1) is 16.6. The van der Waals surface area contributed by atoms with Crippen LogP contribution in [-0.4, -0.2) is 72.3 Å². The van der Waals surface area contributed by atoms with Gasteiger partial charge in [-0.15, -0.1) is 0 Å². The number of rotatable bonds is 7. The van der Waals surface area contributed by atoms with Gasteiger partial charge in [-0.25, -0.2) is 10.4 Å². The molecule has 1 amide bonds. The first kappa shape index (κ1) is 22.8. The van der Waals surface area contributed by atoms with E-state index in [4.69, 9.17) is 9.47 Å². The van der Waals surface area contributed by atoms with E-state index in [0.717, 1.165) is 60.9 Å². The number of nitrogens with one attached hydrogen (secondary N) is 4. The van der Waals surface area contributed by atoms with Crippen LogP contribution in [0.1, 0.15) is 13.8 Å². The van der Waals surface area contributed by atoms with Gasteiger partial charge in [-0.1, -0.05) is 19.1 Å². The molecule has 2 aliphatic heterocycles. The van der Waals surface area contributed by atoms with Crippen LogP contribution in [-0.2, 0) is 9.53 Å². The van der Waals surface area contributed by atoms with Crippen molar-refractivity contribution in [2.45, 2.75) is 25.9 Å². The summed E-state index contributed by atoms with van der Waals surface area (Å²) in [4.78, 5) is 22.9. The number of morpholine rings is 1. The van der Waals surface area contributed by atoms with Crippen LogP contribution in [0.25, 0.3) is 22.3 Å². The van der Waals surface area contributed by atoms with Gasteiger partial charge in [-0.3, -0.25) is 15.1 Å². The fourth-order valence-electron chi connectivity index (χ4n) is 4.41. The van der Waals surface area contributed by atoms with E-state index in [0.29, 0.717) is 12.3 Å². The Morgan fingerprint density at radius 3 is 2.85 bits per heavy atom. The number of aromatic amines is 1. The first-order valence-corrected chi connectivity index (χ1v) is 11.9. The lowest BCUT2D eigenvalue weighted by Crippen LogP contribution is -2.41. The smallest absolute Gasteiger partial charge is 0.243 e. The Labute approximate surface area is 199 Å². The molecule has 4 heterocycles. The number of hydrogen-bond donors (Lipinski definition) is 4. The number of ether oxygens (including phenoxy) is 2. The molecule has 0 aliphatic carbocycles. The highest BCUT2D eigenvalue weighted by molar-refractivity contribution is 5.97. The Bertz CT molecular complexity index is 1140. The van der Waals surface area contributed by atoms with Crippen LogP contribution in [0.15, 0.2) is 42.6 Å². The lowest BCUT2D eigenvalue weighted by molar-refractivity contribution is -0.118. The topological polar surface area (TPSA) is 104 Å². The van der Waals surface area contributed by atoms with Gasteiger partial charge in [0.05, 0.1) is 25.1 Å². The molecule has 34 heavy (non-hydrogen) atoms. The molecule has 5 rings (SSSR count). The van der Waals surface area contributed by atoms with Gasteiger partial charge in [0.15, 0.2) is 0 Å². The molecule has 1 aromatic carbocycles. The van der Waals surface area contributed by atoms with Gasteiger partial charge in [0.25, 0.3) is 0 Å². The molecular formula is C25H32N6O3. The van der Waals surface area contributed by atoms with Crippen molar-refractivity contribution in [3.63, 3.8) is 0 Å². The Balaban J connectivity index is 1.24. The predicted molar refractivity (Wildman–Crippen MR) is 132 cm³/mol. The van der Waals surface area contributed by atoms with Crippen molar-refractivity contribution in [1.29, 1.82) is 0 Å². The summed E-state index contributed by atoms with van der Waals surface area (Å²) in [6.45, 7) is 9.16. The maximum absolute atomic E-state index is 12.7. The monoisotopic (exact) mass is 464 g/mol. The first-order valence-electron chi connectivity index (χ1n) is 11.9. The summed E-state index contributed by atoms with van der Waals surface area (Å²) in [5, 5.41) is 3.92. The zero-order valence-electron chi connectivity index (χ0n) is 19.6. The fourth-order valence-corrected chi connectivity index (χ4v) is 4.41. The standard InChI is InChI=1S/C25H32N6O3/c1-16-17(2)29-30-23(16)25(32)27-20-12-19-14-22(28-24(19)26-15-20)18-4-3-5-21(13-18)34-11-8-31-6-9-33-10-7-31/h3-5,12-17,23,29-30H,6-11H2,1-2H3,(H,26,28)(H,27,32). The maximum Gasteiger partial charge on any atom is 0.243 e. The van der Waals surface area contributed by atoms with E-state index in [1.807, 2.05) is 36.4 Å². The number of fused-ring (bicyclic) bond motifs is 1. The zero-order chi connectivity index (χ0) is 23.5. The third-order valence-corrected chi connectivity index (χ3v) is 6.73. The highest BCUT2D eigenvalue weighted by atomic mass is 16.5. The number of hydrogen-bond acceptors (Lipinski definition) is 7. The minimum Gasteiger partial charge on any atom is -0.492 e. The molecule has 2 aromatic heterocycles. The number of amides is 1. The Hall–Kier alpha value is -2.98. The van der Waals surface area contributed by atoms with Crippen molar-refractivity contribution in [2.24, 2.45) is 5.92 Å². The number of carbonyl (C=O) groups is 1. The fraction of sp³-hybridized carbons (Fsp3) is 0.440. The summed E-state index contributed by atoms with van der Waals surface area (Å²) >= 11 is 0. The quantitative estimate of drug-likeness (QED) is 0.426. The minimum absolute atomic E-state index is 0.0665. The van der Waals surface area contributed by atoms with E-state index in [1.54, 1.807) is 6.20 Å². The third-order valence-electron chi connectivity index (χ3n) is 6.73. The highest BCUT2D eigenvalue weighted by Crippen LogP contribution is 2.27. The number of nitrogens with zero attached hydrogens (tertiary/aromatic N) is 2. The SMILES string of the molecule is CC1NNC(C(=O)Nc2cnc3[nH]c(-c4cccc(OCCN5CCOCC5)c4)cc3c2)C1C. The summed E-state index contributed by atoms with van der Waals surface area (Å²) in [6.07, 6.45) is 1.68. The number of hydrazine groups is 1. The molecular weight excluding hydrogens is 432 g/mol. The zero-order valence-corrected chi connectivity index (χ0v) is 19.6. The molecule has 2 fully saturated rings. The summed E-state index contributed by atoms with van der Waals surface area (Å²) in [7, 11) is 0. The number of pyridine rings is 1.